The summed E-state index contributed by atoms with van der Waals surface area (Å²) in [4.78, 5) is 44.6. The van der Waals surface area contributed by atoms with Crippen LogP contribution in [0.15, 0.2) is 60.7 Å². The number of allylic oxidation sites excluding steroid dienone is 1. The molecule has 0 unspecified atom stereocenters. The summed E-state index contributed by atoms with van der Waals surface area (Å²) in [6, 6.07) is 16.0. The summed E-state index contributed by atoms with van der Waals surface area (Å²) in [7, 11) is 0. The zero-order valence-corrected chi connectivity index (χ0v) is 18.5. The smallest absolute Gasteiger partial charge is 0.235 e. The number of hydrogen-bond donors (Lipinski definition) is 0. The normalized spacial score (nSPS) is 30.2. The van der Waals surface area contributed by atoms with Gasteiger partial charge in [-0.1, -0.05) is 54.6 Å². The number of fused-ring (bicyclic) bond motifs is 5. The van der Waals surface area contributed by atoms with Gasteiger partial charge in [-0.05, 0) is 31.4 Å². The average Bonchev–Trinajstić information content (AvgIpc) is 3.53. The quantitative estimate of drug-likeness (QED) is 0.537. The van der Waals surface area contributed by atoms with Crippen LogP contribution in [-0.4, -0.2) is 53.8 Å². The molecule has 4 aliphatic rings. The molecule has 6 nitrogen and oxygen atoms in total. The molecule has 0 bridgehead atoms. The number of benzene rings is 2. The minimum atomic E-state index is -0.723. The van der Waals surface area contributed by atoms with Crippen molar-refractivity contribution in [1.29, 1.82) is 0 Å². The fourth-order valence-electron chi connectivity index (χ4n) is 6.10. The van der Waals surface area contributed by atoms with E-state index in [0.717, 1.165) is 29.7 Å². The molecule has 3 saturated heterocycles. The minimum absolute atomic E-state index is 0.111. The van der Waals surface area contributed by atoms with Gasteiger partial charge in [0, 0.05) is 23.4 Å². The Balaban J connectivity index is 1.46. The third-order valence-corrected chi connectivity index (χ3v) is 7.58. The molecule has 6 heteroatoms. The summed E-state index contributed by atoms with van der Waals surface area (Å²) in [6.45, 7) is 2.98. The van der Waals surface area contributed by atoms with E-state index in [-0.39, 0.29) is 36.3 Å². The summed E-state index contributed by atoms with van der Waals surface area (Å²) >= 11 is 0. The number of carbonyl (C=O) groups excluding carboxylic acids is 3. The van der Waals surface area contributed by atoms with E-state index in [1.54, 1.807) is 12.1 Å². The van der Waals surface area contributed by atoms with Crippen molar-refractivity contribution in [3.63, 3.8) is 0 Å². The molecule has 33 heavy (non-hydrogen) atoms. The van der Waals surface area contributed by atoms with E-state index in [1.807, 2.05) is 54.3 Å². The molecule has 2 amide bonds. The van der Waals surface area contributed by atoms with E-state index >= 15 is 0 Å². The zero-order valence-electron chi connectivity index (χ0n) is 18.5. The lowest BCUT2D eigenvalue weighted by Gasteiger charge is -2.38. The van der Waals surface area contributed by atoms with E-state index in [2.05, 4.69) is 6.08 Å². The highest BCUT2D eigenvalue weighted by molar-refractivity contribution is 6.14. The second-order valence-corrected chi connectivity index (χ2v) is 9.41. The zero-order chi connectivity index (χ0) is 22.7. The number of nitrogens with zero attached hydrogens (tertiary/aromatic N) is 2. The number of para-hydroxylation sites is 1. The Morgan fingerprint density at radius 3 is 2.48 bits per heavy atom. The van der Waals surface area contributed by atoms with Crippen LogP contribution in [0.2, 0.25) is 0 Å². The van der Waals surface area contributed by atoms with Crippen LogP contribution < -0.4 is 4.90 Å². The van der Waals surface area contributed by atoms with E-state index in [4.69, 9.17) is 4.74 Å². The van der Waals surface area contributed by atoms with Gasteiger partial charge in [-0.3, -0.25) is 19.3 Å². The van der Waals surface area contributed by atoms with Crippen molar-refractivity contribution in [3.05, 3.63) is 71.8 Å². The third-order valence-electron chi connectivity index (χ3n) is 7.58. The number of ketones is 1. The van der Waals surface area contributed by atoms with Crippen molar-refractivity contribution in [3.8, 4) is 0 Å². The summed E-state index contributed by atoms with van der Waals surface area (Å²) in [5, 5.41) is 0. The van der Waals surface area contributed by atoms with Gasteiger partial charge in [-0.25, -0.2) is 0 Å². The lowest BCUT2D eigenvalue weighted by atomic mass is 9.85. The predicted octanol–water partition coefficient (Wildman–Crippen LogP) is 3.32. The van der Waals surface area contributed by atoms with Gasteiger partial charge < -0.3 is 9.64 Å². The van der Waals surface area contributed by atoms with Crippen LogP contribution >= 0.6 is 0 Å². The number of ether oxygens (including phenoxy) is 1. The lowest BCUT2D eigenvalue weighted by molar-refractivity contribution is -0.142. The Kier molecular flexibility index (Phi) is 4.73. The summed E-state index contributed by atoms with van der Waals surface area (Å²) in [5.41, 5.74) is 3.58. The van der Waals surface area contributed by atoms with Crippen LogP contribution in [-0.2, 0) is 14.3 Å². The van der Waals surface area contributed by atoms with Crippen molar-refractivity contribution >= 4 is 28.9 Å². The standard InChI is InChI=1S/C27H26N2O4/c1-16-14-21-22-23(27(32)28(26(22)31)15-18-10-7-13-33-18)24(25(30)17-8-3-2-4-9-17)29(21)20-12-6-5-11-19(16)20/h2-6,8-9,11-12,14,18,21-24H,7,10,13,15H2,1H3/t18-,21+,22+,23+,24+/m1/s1. The van der Waals surface area contributed by atoms with Crippen LogP contribution in [0, 0.1) is 11.8 Å². The van der Waals surface area contributed by atoms with Gasteiger partial charge in [0.2, 0.25) is 11.8 Å². The number of carbonyl (C=O) groups is 3. The SMILES string of the molecule is CC1=C[C@H]2[C@@H]3C(=O)N(C[C@H]4CCCO4)C(=O)[C@@H]3[C@@H](C(=O)c3ccccc3)N2c2ccccc21. The van der Waals surface area contributed by atoms with Gasteiger partial charge in [-0.2, -0.15) is 0 Å². The first kappa shape index (κ1) is 20.4. The van der Waals surface area contributed by atoms with Crippen LogP contribution in [0.1, 0.15) is 35.7 Å². The van der Waals surface area contributed by atoms with Gasteiger partial charge in [0.25, 0.3) is 0 Å². The number of hydrogen-bond acceptors (Lipinski definition) is 5. The first-order valence-corrected chi connectivity index (χ1v) is 11.7. The molecule has 168 valence electrons. The molecule has 2 aromatic carbocycles. The Hall–Kier alpha value is -3.25. The molecule has 0 radical (unpaired) electrons. The van der Waals surface area contributed by atoms with E-state index < -0.39 is 17.9 Å². The van der Waals surface area contributed by atoms with Crippen LogP contribution in [0.4, 0.5) is 5.69 Å². The van der Waals surface area contributed by atoms with Crippen molar-refractivity contribution in [1.82, 2.24) is 4.90 Å². The molecule has 4 aliphatic heterocycles. The van der Waals surface area contributed by atoms with Crippen molar-refractivity contribution in [2.45, 2.75) is 38.0 Å². The van der Waals surface area contributed by atoms with Crippen LogP contribution in [0.3, 0.4) is 0 Å². The second-order valence-electron chi connectivity index (χ2n) is 9.41. The molecule has 6 rings (SSSR count). The van der Waals surface area contributed by atoms with E-state index in [0.29, 0.717) is 12.2 Å². The predicted molar refractivity (Wildman–Crippen MR) is 124 cm³/mol. The molecule has 2 aromatic rings. The van der Waals surface area contributed by atoms with Gasteiger partial charge in [0.1, 0.15) is 6.04 Å². The molecule has 0 saturated carbocycles. The van der Waals surface area contributed by atoms with Crippen molar-refractivity contribution < 1.29 is 19.1 Å². The highest BCUT2D eigenvalue weighted by Gasteiger charge is 2.64. The Bertz CT molecular complexity index is 1170. The largest absolute Gasteiger partial charge is 0.376 e. The van der Waals surface area contributed by atoms with Crippen molar-refractivity contribution in [2.75, 3.05) is 18.1 Å². The molecular formula is C27H26N2O4. The first-order valence-electron chi connectivity index (χ1n) is 11.7. The summed E-state index contributed by atoms with van der Waals surface area (Å²) in [6.07, 6.45) is 3.75. The molecule has 0 aromatic heterocycles. The maximum atomic E-state index is 13.9. The number of likely N-dealkylation sites (tertiary alicyclic amines) is 1. The van der Waals surface area contributed by atoms with Crippen LogP contribution in [0.5, 0.6) is 0 Å². The number of anilines is 1. The molecule has 0 aliphatic carbocycles. The number of Topliss-reactive ketones (excluding diaryl/α,β-unsaturated/α-hetero) is 1. The van der Waals surface area contributed by atoms with Gasteiger partial charge in [-0.15, -0.1) is 0 Å². The van der Waals surface area contributed by atoms with E-state index in [9.17, 15) is 14.4 Å². The van der Waals surface area contributed by atoms with Gasteiger partial charge in [0.05, 0.1) is 30.5 Å². The summed E-state index contributed by atoms with van der Waals surface area (Å²) in [5.74, 6) is -1.81. The Morgan fingerprint density at radius 2 is 1.73 bits per heavy atom. The van der Waals surface area contributed by atoms with Gasteiger partial charge in [0.15, 0.2) is 5.78 Å². The number of amides is 2. The fourth-order valence-corrected chi connectivity index (χ4v) is 6.10. The molecule has 0 N–H and O–H groups in total. The van der Waals surface area contributed by atoms with Crippen LogP contribution in [0.25, 0.3) is 5.57 Å². The highest BCUT2D eigenvalue weighted by Crippen LogP contribution is 2.50. The molecule has 3 fully saturated rings. The fraction of sp³-hybridized carbons (Fsp3) is 0.370. The maximum absolute atomic E-state index is 13.9. The average molecular weight is 443 g/mol. The number of rotatable bonds is 4. The highest BCUT2D eigenvalue weighted by atomic mass is 16.5. The van der Waals surface area contributed by atoms with Crippen molar-refractivity contribution in [2.24, 2.45) is 11.8 Å². The summed E-state index contributed by atoms with van der Waals surface area (Å²) < 4.78 is 5.71. The molecule has 4 heterocycles. The maximum Gasteiger partial charge on any atom is 0.235 e. The minimum Gasteiger partial charge on any atom is -0.376 e. The molecular weight excluding hydrogens is 416 g/mol. The van der Waals surface area contributed by atoms with E-state index in [1.165, 1.54) is 4.90 Å². The lowest BCUT2D eigenvalue weighted by Crippen LogP contribution is -2.49. The molecule has 5 atom stereocenters. The number of imide groups is 1. The monoisotopic (exact) mass is 442 g/mol. The molecule has 0 spiro atoms. The Labute approximate surface area is 192 Å². The second kappa shape index (κ2) is 7.66. The topological polar surface area (TPSA) is 66.9 Å². The first-order chi connectivity index (χ1) is 16.1. The Morgan fingerprint density at radius 1 is 1.00 bits per heavy atom. The third kappa shape index (κ3) is 3.00. The van der Waals surface area contributed by atoms with Gasteiger partial charge >= 0.3 is 0 Å².